The van der Waals surface area contributed by atoms with E-state index < -0.39 is 0 Å². The summed E-state index contributed by atoms with van der Waals surface area (Å²) in [6, 6.07) is 1.65. The lowest BCUT2D eigenvalue weighted by molar-refractivity contribution is -0.140. The molecule has 1 unspecified atom stereocenters. The van der Waals surface area contributed by atoms with Crippen LogP contribution in [-0.2, 0) is 16.6 Å². The summed E-state index contributed by atoms with van der Waals surface area (Å²) < 4.78 is 6.21. The molecule has 0 aromatic carbocycles. The Morgan fingerprint density at radius 3 is 3.00 bits per heavy atom. The molecule has 5 nitrogen and oxygen atoms in total. The molecule has 0 aliphatic carbocycles. The smallest absolute Gasteiger partial charge is 0.305 e. The number of aromatic nitrogens is 2. The van der Waals surface area contributed by atoms with Gasteiger partial charge in [-0.1, -0.05) is 0 Å². The van der Waals surface area contributed by atoms with Gasteiger partial charge in [-0.3, -0.25) is 9.48 Å². The molecule has 1 heterocycles. The van der Waals surface area contributed by atoms with E-state index in [0.717, 1.165) is 5.69 Å². The number of ether oxygens (including phenoxy) is 1. The zero-order valence-electron chi connectivity index (χ0n) is 8.43. The zero-order chi connectivity index (χ0) is 10.6. The van der Waals surface area contributed by atoms with Gasteiger partial charge >= 0.3 is 5.97 Å². The van der Waals surface area contributed by atoms with E-state index in [-0.39, 0.29) is 12.0 Å². The number of nitrogens with zero attached hydrogens (tertiary/aromatic N) is 2. The first kappa shape index (κ1) is 10.7. The van der Waals surface area contributed by atoms with Crippen molar-refractivity contribution < 1.29 is 9.53 Å². The predicted octanol–water partition coefficient (Wildman–Crippen LogP) is 0.373. The topological polar surface area (TPSA) is 70.1 Å². The predicted molar refractivity (Wildman–Crippen MR) is 51.4 cm³/mol. The molecule has 1 atom stereocenters. The normalized spacial score (nSPS) is 12.5. The second-order valence-electron chi connectivity index (χ2n) is 3.14. The van der Waals surface area contributed by atoms with E-state index in [9.17, 15) is 4.79 Å². The van der Waals surface area contributed by atoms with Gasteiger partial charge in [-0.15, -0.1) is 0 Å². The standard InChI is InChI=1S/C9H15N3O2/c1-12-6-5-8(11-12)7(10)3-4-9(13)14-2/h5-7H,3-4,10H2,1-2H3. The van der Waals surface area contributed by atoms with Crippen LogP contribution < -0.4 is 5.73 Å². The lowest BCUT2D eigenvalue weighted by Crippen LogP contribution is -2.13. The van der Waals surface area contributed by atoms with Crippen LogP contribution in [0.1, 0.15) is 24.6 Å². The maximum atomic E-state index is 10.8. The van der Waals surface area contributed by atoms with Gasteiger partial charge in [0.25, 0.3) is 0 Å². The molecule has 14 heavy (non-hydrogen) atoms. The van der Waals surface area contributed by atoms with E-state index in [1.165, 1.54) is 7.11 Å². The Morgan fingerprint density at radius 2 is 2.50 bits per heavy atom. The number of methoxy groups -OCH3 is 1. The van der Waals surface area contributed by atoms with Crippen molar-refractivity contribution in [1.29, 1.82) is 0 Å². The number of aryl methyl sites for hydroxylation is 1. The molecule has 1 rings (SSSR count). The van der Waals surface area contributed by atoms with Gasteiger partial charge in [-0.25, -0.2) is 0 Å². The van der Waals surface area contributed by atoms with Gasteiger partial charge in [-0.05, 0) is 12.5 Å². The lowest BCUT2D eigenvalue weighted by atomic mass is 10.1. The summed E-state index contributed by atoms with van der Waals surface area (Å²) in [4.78, 5) is 10.8. The van der Waals surface area contributed by atoms with Crippen molar-refractivity contribution in [1.82, 2.24) is 9.78 Å². The molecule has 0 fully saturated rings. The number of hydrogen-bond acceptors (Lipinski definition) is 4. The van der Waals surface area contributed by atoms with E-state index in [0.29, 0.717) is 12.8 Å². The fourth-order valence-electron chi connectivity index (χ4n) is 1.15. The summed E-state index contributed by atoms with van der Waals surface area (Å²) in [5.74, 6) is -0.239. The minimum atomic E-state index is -0.239. The fraction of sp³-hybridized carbons (Fsp3) is 0.556. The van der Waals surface area contributed by atoms with E-state index in [1.807, 2.05) is 19.3 Å². The first-order chi connectivity index (χ1) is 6.63. The molecule has 0 aliphatic heterocycles. The van der Waals surface area contributed by atoms with Crippen molar-refractivity contribution in [2.24, 2.45) is 12.8 Å². The van der Waals surface area contributed by atoms with Crippen molar-refractivity contribution in [2.45, 2.75) is 18.9 Å². The third-order valence-electron chi connectivity index (χ3n) is 2.00. The van der Waals surface area contributed by atoms with Crippen molar-refractivity contribution in [3.8, 4) is 0 Å². The molecule has 0 saturated carbocycles. The van der Waals surface area contributed by atoms with Crippen LogP contribution in [0.5, 0.6) is 0 Å². The SMILES string of the molecule is COC(=O)CCC(N)c1ccn(C)n1. The molecule has 1 aromatic heterocycles. The second kappa shape index (κ2) is 4.76. The van der Waals surface area contributed by atoms with Crippen molar-refractivity contribution in [2.75, 3.05) is 7.11 Å². The third kappa shape index (κ3) is 2.85. The average Bonchev–Trinajstić information content (AvgIpc) is 2.60. The summed E-state index contributed by atoms with van der Waals surface area (Å²) in [5, 5.41) is 4.15. The molecule has 0 spiro atoms. The Hall–Kier alpha value is -1.36. The Morgan fingerprint density at radius 1 is 1.79 bits per heavy atom. The van der Waals surface area contributed by atoms with Crippen LogP contribution in [-0.4, -0.2) is 22.9 Å². The van der Waals surface area contributed by atoms with E-state index in [4.69, 9.17) is 5.73 Å². The van der Waals surface area contributed by atoms with Crippen LogP contribution in [0.15, 0.2) is 12.3 Å². The summed E-state index contributed by atoms with van der Waals surface area (Å²) in [7, 11) is 3.20. The van der Waals surface area contributed by atoms with Crippen LogP contribution in [0, 0.1) is 0 Å². The van der Waals surface area contributed by atoms with Crippen LogP contribution in [0.4, 0.5) is 0 Å². The average molecular weight is 197 g/mol. The molecule has 2 N–H and O–H groups in total. The van der Waals surface area contributed by atoms with Gasteiger partial charge in [0.2, 0.25) is 0 Å². The van der Waals surface area contributed by atoms with E-state index >= 15 is 0 Å². The molecule has 1 aromatic rings. The molecule has 0 bridgehead atoms. The van der Waals surface area contributed by atoms with Crippen molar-refractivity contribution in [3.63, 3.8) is 0 Å². The van der Waals surface area contributed by atoms with Crippen LogP contribution in [0.3, 0.4) is 0 Å². The minimum Gasteiger partial charge on any atom is -0.469 e. The number of hydrogen-bond donors (Lipinski definition) is 1. The van der Waals surface area contributed by atoms with Gasteiger partial charge in [-0.2, -0.15) is 5.10 Å². The molecule has 78 valence electrons. The van der Waals surface area contributed by atoms with Gasteiger partial charge in [0.05, 0.1) is 12.8 Å². The molecule has 0 saturated heterocycles. The number of carbonyl (C=O) groups excluding carboxylic acids is 1. The summed E-state index contributed by atoms with van der Waals surface area (Å²) >= 11 is 0. The Labute approximate surface area is 82.8 Å². The van der Waals surface area contributed by atoms with Gasteiger partial charge < -0.3 is 10.5 Å². The van der Waals surface area contributed by atoms with Crippen LogP contribution >= 0.6 is 0 Å². The van der Waals surface area contributed by atoms with Gasteiger partial charge in [0.15, 0.2) is 0 Å². The van der Waals surface area contributed by atoms with E-state index in [2.05, 4.69) is 9.84 Å². The highest BCUT2D eigenvalue weighted by molar-refractivity contribution is 5.69. The highest BCUT2D eigenvalue weighted by Gasteiger charge is 2.11. The van der Waals surface area contributed by atoms with Crippen molar-refractivity contribution >= 4 is 5.97 Å². The highest BCUT2D eigenvalue weighted by atomic mass is 16.5. The van der Waals surface area contributed by atoms with Crippen LogP contribution in [0.25, 0.3) is 0 Å². The van der Waals surface area contributed by atoms with Gasteiger partial charge in [0.1, 0.15) is 0 Å². The summed E-state index contributed by atoms with van der Waals surface area (Å²) in [6.07, 6.45) is 2.71. The number of esters is 1. The largest absolute Gasteiger partial charge is 0.469 e. The Balaban J connectivity index is 2.42. The highest BCUT2D eigenvalue weighted by Crippen LogP contribution is 2.13. The first-order valence-electron chi connectivity index (χ1n) is 4.45. The molecule has 0 amide bonds. The minimum absolute atomic E-state index is 0.199. The molecule has 0 aliphatic rings. The van der Waals surface area contributed by atoms with Gasteiger partial charge in [0, 0.05) is 25.7 Å². The molecular weight excluding hydrogens is 182 g/mol. The Kier molecular flexibility index (Phi) is 3.64. The quantitative estimate of drug-likeness (QED) is 0.708. The number of nitrogens with two attached hydrogens (primary N) is 1. The fourth-order valence-corrected chi connectivity index (χ4v) is 1.15. The molecule has 0 radical (unpaired) electrons. The summed E-state index contributed by atoms with van der Waals surface area (Å²) in [6.45, 7) is 0. The molecular formula is C9H15N3O2. The van der Waals surface area contributed by atoms with Crippen LogP contribution in [0.2, 0.25) is 0 Å². The second-order valence-corrected chi connectivity index (χ2v) is 3.14. The van der Waals surface area contributed by atoms with Crippen molar-refractivity contribution in [3.05, 3.63) is 18.0 Å². The lowest BCUT2D eigenvalue weighted by Gasteiger charge is -2.06. The monoisotopic (exact) mass is 197 g/mol. The summed E-state index contributed by atoms with van der Waals surface area (Å²) in [5.41, 5.74) is 6.63. The third-order valence-corrected chi connectivity index (χ3v) is 2.00. The number of rotatable bonds is 4. The van der Waals surface area contributed by atoms with E-state index in [1.54, 1.807) is 4.68 Å². The number of carbonyl (C=O) groups is 1. The maximum Gasteiger partial charge on any atom is 0.305 e. The maximum absolute atomic E-state index is 10.8. The Bertz CT molecular complexity index is 309. The zero-order valence-corrected chi connectivity index (χ0v) is 8.43. The molecule has 5 heteroatoms. The first-order valence-corrected chi connectivity index (χ1v) is 4.45.